The molecule has 17 heavy (non-hydrogen) atoms. The highest BCUT2D eigenvalue weighted by atomic mass is 16.7. The maximum absolute atomic E-state index is 11.4. The lowest BCUT2D eigenvalue weighted by atomic mass is 9.54. The van der Waals surface area contributed by atoms with Crippen molar-refractivity contribution in [1.82, 2.24) is 5.48 Å². The molecule has 4 fully saturated rings. The molecule has 4 rings (SSSR count). The van der Waals surface area contributed by atoms with Crippen molar-refractivity contribution in [2.75, 3.05) is 0 Å². The largest absolute Gasteiger partial charge is 0.367 e. The molecule has 0 saturated heterocycles. The normalized spacial score (nSPS) is 42.5. The molecule has 1 N–H and O–H groups in total. The van der Waals surface area contributed by atoms with Gasteiger partial charge in [0.05, 0.1) is 0 Å². The van der Waals surface area contributed by atoms with Crippen molar-refractivity contribution in [2.45, 2.75) is 45.1 Å². The zero-order valence-electron chi connectivity index (χ0n) is 10.4. The molecule has 94 valence electrons. The first kappa shape index (κ1) is 11.3. The van der Waals surface area contributed by atoms with Gasteiger partial charge in [0, 0.05) is 11.6 Å². The van der Waals surface area contributed by atoms with Crippen molar-refractivity contribution >= 4 is 5.97 Å². The zero-order chi connectivity index (χ0) is 12.0. The summed E-state index contributed by atoms with van der Waals surface area (Å²) in [7, 11) is 0. The standard InChI is InChI=1S/C14H21NO2/c1-8(2)14(16)17-15-13-11-4-9-3-10(6-11)7-12(13)5-9/h9-13,15H,1,3-7H2,2H3. The van der Waals surface area contributed by atoms with Crippen LogP contribution in [-0.4, -0.2) is 12.0 Å². The molecule has 4 bridgehead atoms. The van der Waals surface area contributed by atoms with Crippen LogP contribution in [-0.2, 0) is 9.63 Å². The van der Waals surface area contributed by atoms with Gasteiger partial charge in [-0.15, -0.1) is 5.48 Å². The number of rotatable bonds is 3. The van der Waals surface area contributed by atoms with Crippen molar-refractivity contribution in [3.63, 3.8) is 0 Å². The number of hydrogen-bond acceptors (Lipinski definition) is 3. The van der Waals surface area contributed by atoms with E-state index in [1.165, 1.54) is 32.1 Å². The minimum absolute atomic E-state index is 0.321. The van der Waals surface area contributed by atoms with Crippen LogP contribution in [0.2, 0.25) is 0 Å². The summed E-state index contributed by atoms with van der Waals surface area (Å²) in [6, 6.07) is 0.395. The lowest BCUT2D eigenvalue weighted by Gasteiger charge is -2.53. The molecular weight excluding hydrogens is 214 g/mol. The summed E-state index contributed by atoms with van der Waals surface area (Å²) in [5, 5.41) is 0. The van der Waals surface area contributed by atoms with E-state index < -0.39 is 0 Å². The van der Waals surface area contributed by atoms with Crippen LogP contribution in [0.15, 0.2) is 12.2 Å². The molecule has 0 heterocycles. The highest BCUT2D eigenvalue weighted by molar-refractivity contribution is 5.86. The molecule has 0 amide bonds. The predicted molar refractivity (Wildman–Crippen MR) is 64.9 cm³/mol. The van der Waals surface area contributed by atoms with E-state index in [0.29, 0.717) is 11.6 Å². The Labute approximate surface area is 103 Å². The summed E-state index contributed by atoms with van der Waals surface area (Å²) in [6.07, 6.45) is 6.76. The first-order chi connectivity index (χ1) is 8.13. The molecule has 4 saturated carbocycles. The number of carbonyl (C=O) groups excluding carboxylic acids is 1. The van der Waals surface area contributed by atoms with Gasteiger partial charge in [0.25, 0.3) is 0 Å². The second-order valence-corrected chi connectivity index (χ2v) is 6.24. The number of nitrogens with one attached hydrogen (secondary N) is 1. The fraction of sp³-hybridized carbons (Fsp3) is 0.786. The summed E-state index contributed by atoms with van der Waals surface area (Å²) in [6.45, 7) is 5.28. The topological polar surface area (TPSA) is 38.3 Å². The maximum Gasteiger partial charge on any atom is 0.351 e. The van der Waals surface area contributed by atoms with Crippen LogP contribution in [0.4, 0.5) is 0 Å². The lowest BCUT2D eigenvalue weighted by molar-refractivity contribution is -0.155. The third-order valence-corrected chi connectivity index (χ3v) is 4.86. The first-order valence-corrected chi connectivity index (χ1v) is 6.75. The second kappa shape index (κ2) is 4.13. The highest BCUT2D eigenvalue weighted by Crippen LogP contribution is 2.53. The molecule has 0 radical (unpaired) electrons. The van der Waals surface area contributed by atoms with Crippen molar-refractivity contribution in [3.8, 4) is 0 Å². The minimum atomic E-state index is -0.321. The Bertz CT molecular complexity index is 322. The van der Waals surface area contributed by atoms with Crippen LogP contribution in [0.25, 0.3) is 0 Å². The Hall–Kier alpha value is -0.830. The maximum atomic E-state index is 11.4. The van der Waals surface area contributed by atoms with Crippen LogP contribution < -0.4 is 5.48 Å². The van der Waals surface area contributed by atoms with Crippen molar-refractivity contribution < 1.29 is 9.63 Å². The fourth-order valence-corrected chi connectivity index (χ4v) is 4.33. The van der Waals surface area contributed by atoms with Gasteiger partial charge < -0.3 is 4.84 Å². The van der Waals surface area contributed by atoms with Gasteiger partial charge in [-0.25, -0.2) is 4.79 Å². The molecule has 0 aromatic heterocycles. The van der Waals surface area contributed by atoms with Crippen molar-refractivity contribution in [2.24, 2.45) is 23.7 Å². The van der Waals surface area contributed by atoms with Crippen LogP contribution in [0.1, 0.15) is 39.0 Å². The van der Waals surface area contributed by atoms with E-state index in [2.05, 4.69) is 12.1 Å². The number of carbonyl (C=O) groups is 1. The SMILES string of the molecule is C=C(C)C(=O)ONC1C2CC3CC(C2)CC1C3. The molecular formula is C14H21NO2. The van der Waals surface area contributed by atoms with Crippen molar-refractivity contribution in [3.05, 3.63) is 12.2 Å². The summed E-state index contributed by atoms with van der Waals surface area (Å²) in [5.41, 5.74) is 3.50. The van der Waals surface area contributed by atoms with E-state index in [1.54, 1.807) is 6.92 Å². The Balaban J connectivity index is 1.61. The Morgan fingerprint density at radius 3 is 2.12 bits per heavy atom. The number of hydroxylamine groups is 1. The molecule has 0 unspecified atom stereocenters. The van der Waals surface area contributed by atoms with Crippen LogP contribution in [0.3, 0.4) is 0 Å². The summed E-state index contributed by atoms with van der Waals surface area (Å²) in [5.74, 6) is 3.03. The molecule has 3 nitrogen and oxygen atoms in total. The Morgan fingerprint density at radius 1 is 1.12 bits per heavy atom. The van der Waals surface area contributed by atoms with Gasteiger partial charge in [-0.2, -0.15) is 0 Å². The molecule has 0 atom stereocenters. The van der Waals surface area contributed by atoms with E-state index in [9.17, 15) is 4.79 Å². The van der Waals surface area contributed by atoms with Gasteiger partial charge in [-0.3, -0.25) is 0 Å². The molecule has 3 heteroatoms. The molecule has 4 aliphatic rings. The monoisotopic (exact) mass is 235 g/mol. The van der Waals surface area contributed by atoms with E-state index in [1.807, 2.05) is 0 Å². The molecule has 0 aromatic rings. The van der Waals surface area contributed by atoms with Gasteiger partial charge in [0.2, 0.25) is 0 Å². The quantitative estimate of drug-likeness (QED) is 0.603. The average Bonchev–Trinajstić information content (AvgIpc) is 2.26. The molecule has 0 spiro atoms. The second-order valence-electron chi connectivity index (χ2n) is 6.24. The lowest BCUT2D eigenvalue weighted by Crippen LogP contribution is -2.54. The molecule has 4 aliphatic carbocycles. The Kier molecular flexibility index (Phi) is 2.74. The fourth-order valence-electron chi connectivity index (χ4n) is 4.33. The van der Waals surface area contributed by atoms with Gasteiger partial charge in [0.1, 0.15) is 0 Å². The van der Waals surface area contributed by atoms with Gasteiger partial charge in [0.15, 0.2) is 0 Å². The van der Waals surface area contributed by atoms with Crippen LogP contribution >= 0.6 is 0 Å². The smallest absolute Gasteiger partial charge is 0.351 e. The third kappa shape index (κ3) is 2.01. The predicted octanol–water partition coefficient (Wildman–Crippen LogP) is 2.44. The summed E-state index contributed by atoms with van der Waals surface area (Å²) in [4.78, 5) is 16.5. The minimum Gasteiger partial charge on any atom is -0.367 e. The van der Waals surface area contributed by atoms with Crippen molar-refractivity contribution in [1.29, 1.82) is 0 Å². The Morgan fingerprint density at radius 2 is 1.65 bits per heavy atom. The average molecular weight is 235 g/mol. The number of hydrogen-bond donors (Lipinski definition) is 1. The third-order valence-electron chi connectivity index (χ3n) is 4.86. The van der Waals surface area contributed by atoms with Gasteiger partial charge >= 0.3 is 5.97 Å². The van der Waals surface area contributed by atoms with Crippen LogP contribution in [0, 0.1) is 23.7 Å². The van der Waals surface area contributed by atoms with E-state index in [4.69, 9.17) is 4.84 Å². The van der Waals surface area contributed by atoms with E-state index in [0.717, 1.165) is 23.7 Å². The van der Waals surface area contributed by atoms with Gasteiger partial charge in [-0.05, 0) is 62.7 Å². The zero-order valence-corrected chi connectivity index (χ0v) is 10.4. The molecule has 0 aliphatic heterocycles. The molecule has 0 aromatic carbocycles. The highest BCUT2D eigenvalue weighted by Gasteiger charge is 2.48. The van der Waals surface area contributed by atoms with E-state index in [-0.39, 0.29) is 5.97 Å². The summed E-state index contributed by atoms with van der Waals surface area (Å²) >= 11 is 0. The van der Waals surface area contributed by atoms with Gasteiger partial charge in [-0.1, -0.05) is 6.58 Å². The first-order valence-electron chi connectivity index (χ1n) is 6.75. The van der Waals surface area contributed by atoms with Crippen LogP contribution in [0.5, 0.6) is 0 Å². The van der Waals surface area contributed by atoms with E-state index >= 15 is 0 Å². The summed E-state index contributed by atoms with van der Waals surface area (Å²) < 4.78 is 0.